The Labute approximate surface area is 211 Å². The van der Waals surface area contributed by atoms with Crippen LogP contribution in [0.15, 0.2) is 18.5 Å². The minimum atomic E-state index is -4.40. The van der Waals surface area contributed by atoms with E-state index in [4.69, 9.17) is 11.5 Å². The number of halogens is 5. The largest absolute Gasteiger partial charge is 0.389 e. The quantitative estimate of drug-likeness (QED) is 0.165. The van der Waals surface area contributed by atoms with E-state index >= 15 is 4.39 Å². The van der Waals surface area contributed by atoms with Crippen LogP contribution in [0.5, 0.6) is 0 Å². The van der Waals surface area contributed by atoms with Gasteiger partial charge in [0.1, 0.15) is 11.6 Å². The van der Waals surface area contributed by atoms with Crippen LogP contribution in [0.1, 0.15) is 52.4 Å². The van der Waals surface area contributed by atoms with E-state index in [-0.39, 0.29) is 41.0 Å². The summed E-state index contributed by atoms with van der Waals surface area (Å²) < 4.78 is 58.2. The standard InChI is InChI=1S/C22H20F4IN6OP/c1-9-14(23)6-15-12(8-31-33(15)35-27)18(9)32-19-11(4-5-22(24,25)26)17(10-2-3-10)30-7-13(19)16(20(32)28)21(29)34/h6-8,10,35H,2-5,28H2,1H3,(H2,29,34). The smallest absolute Gasteiger partial charge is 0.384 e. The topological polar surface area (TPSA) is 105 Å². The minimum absolute atomic E-state index is 0.0285. The van der Waals surface area contributed by atoms with Gasteiger partial charge in [-0.1, -0.05) is 0 Å². The Bertz CT molecular complexity index is 1510. The molecule has 5 rings (SSSR count). The van der Waals surface area contributed by atoms with Crippen molar-refractivity contribution in [1.82, 2.24) is 19.1 Å². The molecule has 3 heterocycles. The second-order valence-corrected chi connectivity index (χ2v) is 10.7. The van der Waals surface area contributed by atoms with E-state index in [0.29, 0.717) is 33.4 Å². The van der Waals surface area contributed by atoms with Crippen molar-refractivity contribution in [3.05, 3.63) is 46.7 Å². The van der Waals surface area contributed by atoms with Crippen LogP contribution >= 0.6 is 28.4 Å². The Morgan fingerprint density at radius 1 is 1.29 bits per heavy atom. The maximum Gasteiger partial charge on any atom is 0.389 e. The number of amides is 1. The average Bonchev–Trinajstić information content (AvgIpc) is 3.48. The molecule has 1 aliphatic rings. The molecule has 1 aliphatic carbocycles. The summed E-state index contributed by atoms with van der Waals surface area (Å²) in [5.74, 6) is -1.42. The Morgan fingerprint density at radius 2 is 2.00 bits per heavy atom. The zero-order valence-corrected chi connectivity index (χ0v) is 21.5. The second-order valence-electron chi connectivity index (χ2n) is 8.64. The number of primary amides is 1. The molecule has 4 N–H and O–H groups in total. The number of hydrogen-bond acceptors (Lipinski definition) is 4. The van der Waals surface area contributed by atoms with Crippen LogP contribution in [0.25, 0.3) is 27.5 Å². The summed E-state index contributed by atoms with van der Waals surface area (Å²) in [6.45, 7) is 1.56. The van der Waals surface area contributed by atoms with Gasteiger partial charge < -0.3 is 11.5 Å². The van der Waals surface area contributed by atoms with Crippen molar-refractivity contribution < 1.29 is 22.4 Å². The zero-order valence-electron chi connectivity index (χ0n) is 18.4. The molecule has 1 aromatic carbocycles. The molecular weight excluding hydrogens is 598 g/mol. The third-order valence-corrected chi connectivity index (χ3v) is 8.27. The predicted molar refractivity (Wildman–Crippen MR) is 136 cm³/mol. The molecule has 7 nitrogen and oxygen atoms in total. The molecule has 0 radical (unpaired) electrons. The summed E-state index contributed by atoms with van der Waals surface area (Å²) in [4.78, 5) is 16.9. The number of nitrogens with two attached hydrogens (primary N) is 2. The molecule has 13 heteroatoms. The molecule has 0 spiro atoms. The highest BCUT2D eigenvalue weighted by molar-refractivity contribution is 14.2. The Balaban J connectivity index is 1.93. The van der Waals surface area contributed by atoms with Crippen molar-refractivity contribution in [3.8, 4) is 5.69 Å². The Hall–Kier alpha value is -2.47. The van der Waals surface area contributed by atoms with Gasteiger partial charge >= 0.3 is 6.18 Å². The van der Waals surface area contributed by atoms with Crippen molar-refractivity contribution >= 4 is 61.9 Å². The molecule has 35 heavy (non-hydrogen) atoms. The number of carbonyl (C=O) groups is 1. The van der Waals surface area contributed by atoms with Gasteiger partial charge in [-0.15, -0.1) is 0 Å². The zero-order chi connectivity index (χ0) is 25.2. The van der Waals surface area contributed by atoms with Crippen molar-refractivity contribution in [2.75, 3.05) is 5.73 Å². The van der Waals surface area contributed by atoms with Crippen LogP contribution in [-0.2, 0) is 6.42 Å². The second kappa shape index (κ2) is 8.58. The maximum absolute atomic E-state index is 15.2. The third-order valence-electron chi connectivity index (χ3n) is 6.38. The highest BCUT2D eigenvalue weighted by Crippen LogP contribution is 2.46. The lowest BCUT2D eigenvalue weighted by Crippen LogP contribution is -2.14. The molecule has 184 valence electrons. The summed E-state index contributed by atoms with van der Waals surface area (Å²) in [5.41, 5.74) is 14.3. The van der Waals surface area contributed by atoms with E-state index in [9.17, 15) is 18.0 Å². The van der Waals surface area contributed by atoms with Gasteiger partial charge in [0.15, 0.2) is 0 Å². The fourth-order valence-corrected chi connectivity index (χ4v) is 6.19. The number of aromatic nitrogens is 4. The Kier molecular flexibility index (Phi) is 5.94. The lowest BCUT2D eigenvalue weighted by molar-refractivity contribution is -0.133. The first-order chi connectivity index (χ1) is 16.5. The van der Waals surface area contributed by atoms with Gasteiger partial charge in [0.2, 0.25) is 0 Å². The summed E-state index contributed by atoms with van der Waals surface area (Å²) in [6.07, 6.45) is -1.02. The molecule has 0 saturated heterocycles. The van der Waals surface area contributed by atoms with Crippen LogP contribution in [0.2, 0.25) is 0 Å². The minimum Gasteiger partial charge on any atom is -0.384 e. The third kappa shape index (κ3) is 4.04. The number of aryl methyl sites for hydroxylation is 1. The summed E-state index contributed by atoms with van der Waals surface area (Å²) in [7, 11) is 0. The lowest BCUT2D eigenvalue weighted by Gasteiger charge is -2.18. The summed E-state index contributed by atoms with van der Waals surface area (Å²) in [5, 5.41) is 5.13. The SMILES string of the molecule is Cc1c(F)cc2c(cnn2PI)c1-n1c(N)c(C(N)=O)c2cnc(C3CC3)c(CCC(F)(F)F)c21. The van der Waals surface area contributed by atoms with Crippen LogP contribution in [0.4, 0.5) is 23.4 Å². The monoisotopic (exact) mass is 618 g/mol. The number of benzene rings is 1. The van der Waals surface area contributed by atoms with E-state index < -0.39 is 24.3 Å². The van der Waals surface area contributed by atoms with Gasteiger partial charge in [-0.3, -0.25) is 14.3 Å². The van der Waals surface area contributed by atoms with Crippen molar-refractivity contribution in [2.24, 2.45) is 5.73 Å². The molecule has 4 aromatic rings. The van der Waals surface area contributed by atoms with Crippen LogP contribution in [0, 0.1) is 12.7 Å². The maximum atomic E-state index is 15.2. The number of fused-ring (bicyclic) bond motifs is 2. The van der Waals surface area contributed by atoms with E-state index in [1.165, 1.54) is 16.8 Å². The summed E-state index contributed by atoms with van der Waals surface area (Å²) >= 11 is 2.12. The highest BCUT2D eigenvalue weighted by Gasteiger charge is 2.35. The first-order valence-corrected chi connectivity index (χ1v) is 14.8. The molecule has 1 unspecified atom stereocenters. The van der Waals surface area contributed by atoms with Gasteiger partial charge in [-0.2, -0.15) is 18.3 Å². The highest BCUT2D eigenvalue weighted by atomic mass is 127. The number of alkyl halides is 3. The molecule has 0 aliphatic heterocycles. The van der Waals surface area contributed by atoms with Crippen molar-refractivity contribution in [3.63, 3.8) is 0 Å². The van der Waals surface area contributed by atoms with Crippen molar-refractivity contribution in [1.29, 1.82) is 0 Å². The summed E-state index contributed by atoms with van der Waals surface area (Å²) in [6, 6.07) is 1.37. The molecule has 3 aromatic heterocycles. The predicted octanol–water partition coefficient (Wildman–Crippen LogP) is 5.67. The number of anilines is 1. The molecule has 1 amide bonds. The van der Waals surface area contributed by atoms with Gasteiger partial charge in [-0.25, -0.2) is 8.84 Å². The molecule has 0 bridgehead atoms. The number of nitrogen functional groups attached to an aromatic ring is 1. The number of rotatable bonds is 6. The van der Waals surface area contributed by atoms with E-state index in [1.54, 1.807) is 17.6 Å². The molecular formula is C22H20F4IN6OP. The Morgan fingerprint density at radius 3 is 2.60 bits per heavy atom. The number of carbonyl (C=O) groups excluding carboxylic acids is 1. The van der Waals surface area contributed by atoms with Crippen molar-refractivity contribution in [2.45, 2.75) is 44.7 Å². The van der Waals surface area contributed by atoms with Gasteiger partial charge in [-0.05, 0) is 53.8 Å². The average molecular weight is 618 g/mol. The first kappa shape index (κ1) is 24.2. The molecule has 1 saturated carbocycles. The number of pyridine rings is 1. The van der Waals surface area contributed by atoms with E-state index in [1.807, 2.05) is 0 Å². The van der Waals surface area contributed by atoms with Crippen LogP contribution < -0.4 is 11.5 Å². The number of hydrogen-bond donors (Lipinski definition) is 2. The molecule has 1 atom stereocenters. The first-order valence-electron chi connectivity index (χ1n) is 10.8. The number of nitrogens with zero attached hydrogens (tertiary/aromatic N) is 4. The van der Waals surface area contributed by atoms with Crippen LogP contribution in [-0.4, -0.2) is 31.2 Å². The van der Waals surface area contributed by atoms with Gasteiger partial charge in [0, 0.05) is 46.6 Å². The van der Waals surface area contributed by atoms with E-state index in [2.05, 4.69) is 32.1 Å². The lowest BCUT2D eigenvalue weighted by atomic mass is 10.0. The van der Waals surface area contributed by atoms with E-state index in [0.717, 1.165) is 12.8 Å². The van der Waals surface area contributed by atoms with Crippen LogP contribution in [0.3, 0.4) is 0 Å². The molecule has 1 fully saturated rings. The fourth-order valence-electron chi connectivity index (χ4n) is 4.66. The van der Waals surface area contributed by atoms with Gasteiger partial charge in [0.05, 0.1) is 34.9 Å². The normalized spacial score (nSPS) is 14.7. The fraction of sp³-hybridized carbons (Fsp3) is 0.318. The van der Waals surface area contributed by atoms with Gasteiger partial charge in [0.25, 0.3) is 5.91 Å².